The van der Waals surface area contributed by atoms with Crippen molar-refractivity contribution < 1.29 is 23.1 Å². The minimum absolute atomic E-state index is 0.0668. The minimum Gasteiger partial charge on any atom is -0.481 e. The van der Waals surface area contributed by atoms with Gasteiger partial charge in [-0.25, -0.2) is 5.14 Å². The van der Waals surface area contributed by atoms with Gasteiger partial charge in [-0.2, -0.15) is 12.7 Å². The predicted octanol–water partition coefficient (Wildman–Crippen LogP) is -1.16. The highest BCUT2D eigenvalue weighted by Gasteiger charge is 2.37. The standard InChI is InChI=1S/C11H19N3O5S/c12-20(18,19)14-5-3-13(4-6-14)10(15)8-1-2-9(7-8)11(16)17/h8-9H,1-7H2,(H,16,17)(H2,12,18,19)/t8-,9+/m1/s1. The molecular formula is C11H19N3O5S. The van der Waals surface area contributed by atoms with Crippen LogP contribution in [0.4, 0.5) is 0 Å². The number of nitrogens with two attached hydrogens (primary N) is 1. The molecule has 0 aromatic heterocycles. The third-order valence-corrected chi connectivity index (χ3v) is 5.13. The monoisotopic (exact) mass is 305 g/mol. The normalized spacial score (nSPS) is 28.6. The van der Waals surface area contributed by atoms with Gasteiger partial charge in [-0.3, -0.25) is 9.59 Å². The second-order valence-corrected chi connectivity index (χ2v) is 6.86. The minimum atomic E-state index is -3.70. The molecule has 0 unspecified atom stereocenters. The molecule has 114 valence electrons. The summed E-state index contributed by atoms with van der Waals surface area (Å²) in [5.41, 5.74) is 0. The summed E-state index contributed by atoms with van der Waals surface area (Å²) in [7, 11) is -3.70. The first kappa shape index (κ1) is 15.2. The Morgan fingerprint density at radius 2 is 1.60 bits per heavy atom. The molecule has 1 saturated carbocycles. The SMILES string of the molecule is NS(=O)(=O)N1CCN(C(=O)[C@@H]2CC[C@H](C(=O)O)C2)CC1. The van der Waals surface area contributed by atoms with E-state index in [1.165, 1.54) is 0 Å². The number of amides is 1. The summed E-state index contributed by atoms with van der Waals surface area (Å²) in [6, 6.07) is 0. The summed E-state index contributed by atoms with van der Waals surface area (Å²) in [5.74, 6) is -1.60. The first-order chi connectivity index (χ1) is 9.29. The van der Waals surface area contributed by atoms with Crippen LogP contribution in [0.1, 0.15) is 19.3 Å². The summed E-state index contributed by atoms with van der Waals surface area (Å²) in [5, 5.41) is 14.0. The maximum atomic E-state index is 12.3. The largest absolute Gasteiger partial charge is 0.481 e. The van der Waals surface area contributed by atoms with Gasteiger partial charge in [0.1, 0.15) is 0 Å². The molecule has 3 N–H and O–H groups in total. The summed E-state index contributed by atoms with van der Waals surface area (Å²) < 4.78 is 23.5. The van der Waals surface area contributed by atoms with Gasteiger partial charge >= 0.3 is 5.97 Å². The topological polar surface area (TPSA) is 121 Å². The average molecular weight is 305 g/mol. The Bertz CT molecular complexity index is 498. The van der Waals surface area contributed by atoms with Gasteiger partial charge in [0.15, 0.2) is 0 Å². The molecule has 2 rings (SSSR count). The fourth-order valence-electron chi connectivity index (χ4n) is 2.85. The van der Waals surface area contributed by atoms with E-state index in [4.69, 9.17) is 10.2 Å². The molecule has 2 fully saturated rings. The molecule has 0 bridgehead atoms. The Hall–Kier alpha value is -1.19. The zero-order chi connectivity index (χ0) is 14.9. The lowest BCUT2D eigenvalue weighted by Crippen LogP contribution is -2.53. The van der Waals surface area contributed by atoms with Crippen molar-refractivity contribution in [3.8, 4) is 0 Å². The fraction of sp³-hybridized carbons (Fsp3) is 0.818. The third-order valence-electron chi connectivity index (χ3n) is 4.04. The molecule has 0 radical (unpaired) electrons. The predicted molar refractivity (Wildman–Crippen MR) is 69.7 cm³/mol. The Morgan fingerprint density at radius 1 is 1.05 bits per heavy atom. The number of carbonyl (C=O) groups is 2. The van der Waals surface area contributed by atoms with Crippen LogP contribution in [0.2, 0.25) is 0 Å². The van der Waals surface area contributed by atoms with Crippen LogP contribution in [0.25, 0.3) is 0 Å². The van der Waals surface area contributed by atoms with Crippen molar-refractivity contribution in [3.63, 3.8) is 0 Å². The van der Waals surface area contributed by atoms with Crippen LogP contribution in [-0.4, -0.2) is 60.8 Å². The van der Waals surface area contributed by atoms with Crippen molar-refractivity contribution in [2.45, 2.75) is 19.3 Å². The van der Waals surface area contributed by atoms with E-state index in [0.717, 1.165) is 4.31 Å². The van der Waals surface area contributed by atoms with E-state index in [1.807, 2.05) is 0 Å². The molecule has 20 heavy (non-hydrogen) atoms. The summed E-state index contributed by atoms with van der Waals surface area (Å²) in [6.07, 6.45) is 1.50. The van der Waals surface area contributed by atoms with Gasteiger partial charge in [-0.1, -0.05) is 0 Å². The maximum Gasteiger partial charge on any atom is 0.306 e. The van der Waals surface area contributed by atoms with Crippen LogP contribution in [0, 0.1) is 11.8 Å². The number of carboxylic acids is 1. The molecule has 0 aromatic carbocycles. The van der Waals surface area contributed by atoms with Crippen molar-refractivity contribution in [2.24, 2.45) is 17.0 Å². The van der Waals surface area contributed by atoms with E-state index < -0.39 is 22.1 Å². The lowest BCUT2D eigenvalue weighted by Gasteiger charge is -2.34. The molecule has 1 amide bonds. The molecule has 1 aliphatic carbocycles. The number of aliphatic carboxylic acids is 1. The Balaban J connectivity index is 1.88. The van der Waals surface area contributed by atoms with Crippen LogP contribution in [0.15, 0.2) is 0 Å². The van der Waals surface area contributed by atoms with Gasteiger partial charge in [-0.05, 0) is 19.3 Å². The molecule has 2 aliphatic rings. The van der Waals surface area contributed by atoms with Gasteiger partial charge < -0.3 is 10.0 Å². The molecular weight excluding hydrogens is 286 g/mol. The molecule has 1 heterocycles. The van der Waals surface area contributed by atoms with Gasteiger partial charge in [0.25, 0.3) is 10.2 Å². The summed E-state index contributed by atoms with van der Waals surface area (Å²) in [6.45, 7) is 1.01. The van der Waals surface area contributed by atoms with Crippen molar-refractivity contribution in [1.82, 2.24) is 9.21 Å². The number of carbonyl (C=O) groups excluding carboxylic acids is 1. The van der Waals surface area contributed by atoms with Crippen molar-refractivity contribution in [1.29, 1.82) is 0 Å². The Kier molecular flexibility index (Phi) is 4.31. The van der Waals surface area contributed by atoms with Crippen LogP contribution in [0.3, 0.4) is 0 Å². The van der Waals surface area contributed by atoms with Crippen molar-refractivity contribution in [2.75, 3.05) is 26.2 Å². The van der Waals surface area contributed by atoms with Crippen LogP contribution in [-0.2, 0) is 19.8 Å². The van der Waals surface area contributed by atoms with Gasteiger partial charge in [0.2, 0.25) is 5.91 Å². The van der Waals surface area contributed by atoms with E-state index >= 15 is 0 Å². The maximum absolute atomic E-state index is 12.3. The second kappa shape index (κ2) is 5.66. The Labute approximate surface area is 117 Å². The van der Waals surface area contributed by atoms with Crippen LogP contribution < -0.4 is 5.14 Å². The number of nitrogens with zero attached hydrogens (tertiary/aromatic N) is 2. The molecule has 1 aliphatic heterocycles. The van der Waals surface area contributed by atoms with Gasteiger partial charge in [0, 0.05) is 32.1 Å². The van der Waals surface area contributed by atoms with Crippen LogP contribution in [0.5, 0.6) is 0 Å². The lowest BCUT2D eigenvalue weighted by atomic mass is 10.0. The van der Waals surface area contributed by atoms with Crippen LogP contribution >= 0.6 is 0 Å². The van der Waals surface area contributed by atoms with Gasteiger partial charge in [0.05, 0.1) is 5.92 Å². The van der Waals surface area contributed by atoms with E-state index in [-0.39, 0.29) is 24.9 Å². The Morgan fingerprint density at radius 3 is 2.05 bits per heavy atom. The molecule has 8 nitrogen and oxygen atoms in total. The second-order valence-electron chi connectivity index (χ2n) is 5.31. The number of hydrogen-bond donors (Lipinski definition) is 2. The highest BCUT2D eigenvalue weighted by molar-refractivity contribution is 7.86. The zero-order valence-corrected chi connectivity index (χ0v) is 11.9. The van der Waals surface area contributed by atoms with E-state index in [0.29, 0.717) is 32.4 Å². The highest BCUT2D eigenvalue weighted by atomic mass is 32.2. The molecule has 0 aromatic rings. The lowest BCUT2D eigenvalue weighted by molar-refractivity contribution is -0.141. The summed E-state index contributed by atoms with van der Waals surface area (Å²) in [4.78, 5) is 24.8. The van der Waals surface area contributed by atoms with Gasteiger partial charge in [-0.15, -0.1) is 0 Å². The number of hydrogen-bond acceptors (Lipinski definition) is 4. The molecule has 0 spiro atoms. The molecule has 9 heteroatoms. The van der Waals surface area contributed by atoms with Crippen molar-refractivity contribution >= 4 is 22.1 Å². The van der Waals surface area contributed by atoms with E-state index in [2.05, 4.69) is 0 Å². The van der Waals surface area contributed by atoms with E-state index in [9.17, 15) is 18.0 Å². The first-order valence-electron chi connectivity index (χ1n) is 6.58. The van der Waals surface area contributed by atoms with Crippen molar-refractivity contribution in [3.05, 3.63) is 0 Å². The first-order valence-corrected chi connectivity index (χ1v) is 8.09. The number of carboxylic acid groups (broad SMARTS) is 1. The molecule has 1 saturated heterocycles. The summed E-state index contributed by atoms with van der Waals surface area (Å²) >= 11 is 0. The number of piperazine rings is 1. The zero-order valence-electron chi connectivity index (χ0n) is 11.1. The molecule has 2 atom stereocenters. The smallest absolute Gasteiger partial charge is 0.306 e. The average Bonchev–Trinajstić information content (AvgIpc) is 2.86. The number of rotatable bonds is 3. The van der Waals surface area contributed by atoms with E-state index in [1.54, 1.807) is 4.90 Å². The third kappa shape index (κ3) is 3.28. The fourth-order valence-corrected chi connectivity index (χ4v) is 3.52. The highest BCUT2D eigenvalue weighted by Crippen LogP contribution is 2.32. The quantitative estimate of drug-likeness (QED) is 0.681.